The molecule has 1 aromatic carbocycles. The summed E-state index contributed by atoms with van der Waals surface area (Å²) < 4.78 is 25.4. The number of nitrogens with zero attached hydrogens (tertiary/aromatic N) is 2. The van der Waals surface area contributed by atoms with Crippen LogP contribution in [0.3, 0.4) is 0 Å². The summed E-state index contributed by atoms with van der Waals surface area (Å²) in [5.74, 6) is 0.162. The number of hydrogen-bond donors (Lipinski definition) is 1. The molecular weight excluding hydrogens is 385 g/mol. The van der Waals surface area contributed by atoms with Crippen LogP contribution in [0.2, 0.25) is 0 Å². The fourth-order valence-corrected chi connectivity index (χ4v) is 2.54. The van der Waals surface area contributed by atoms with Gasteiger partial charge in [0, 0.05) is 30.6 Å². The van der Waals surface area contributed by atoms with Crippen molar-refractivity contribution in [3.05, 3.63) is 84.1 Å². The first-order valence-corrected chi connectivity index (χ1v) is 9.45. The molecule has 0 aliphatic carbocycles. The van der Waals surface area contributed by atoms with Gasteiger partial charge in [0.15, 0.2) is 11.6 Å². The molecule has 0 saturated carbocycles. The molecule has 2 heterocycles. The minimum Gasteiger partial charge on any atom is -0.475 e. The zero-order valence-corrected chi connectivity index (χ0v) is 16.7. The number of pyridine rings is 2. The predicted molar refractivity (Wildman–Crippen MR) is 112 cm³/mol. The van der Waals surface area contributed by atoms with E-state index in [1.54, 1.807) is 36.7 Å². The van der Waals surface area contributed by atoms with Crippen LogP contribution in [0.4, 0.5) is 4.39 Å². The van der Waals surface area contributed by atoms with Crippen LogP contribution in [-0.2, 0) is 11.3 Å². The van der Waals surface area contributed by atoms with Gasteiger partial charge in [0.05, 0.1) is 12.3 Å². The molecule has 1 N–H and O–H groups in total. The lowest BCUT2D eigenvalue weighted by Crippen LogP contribution is -2.21. The highest BCUT2D eigenvalue weighted by Gasteiger charge is 2.08. The van der Waals surface area contributed by atoms with Crippen LogP contribution in [0.5, 0.6) is 17.4 Å². The third-order valence-corrected chi connectivity index (χ3v) is 3.90. The molecule has 0 saturated heterocycles. The Morgan fingerprint density at radius 2 is 2.03 bits per heavy atom. The summed E-state index contributed by atoms with van der Waals surface area (Å²) in [4.78, 5) is 20.2. The molecule has 6 nitrogen and oxygen atoms in total. The maximum atomic E-state index is 14.3. The lowest BCUT2D eigenvalue weighted by atomic mass is 10.2. The van der Waals surface area contributed by atoms with Crippen molar-refractivity contribution in [3.63, 3.8) is 0 Å². The Hall–Kier alpha value is -3.74. The Kier molecular flexibility index (Phi) is 7.10. The average molecular weight is 407 g/mol. The van der Waals surface area contributed by atoms with E-state index >= 15 is 0 Å². The van der Waals surface area contributed by atoms with Crippen molar-refractivity contribution in [3.8, 4) is 17.4 Å². The topological polar surface area (TPSA) is 73.3 Å². The van der Waals surface area contributed by atoms with Gasteiger partial charge in [-0.3, -0.25) is 9.78 Å². The highest BCUT2D eigenvalue weighted by molar-refractivity contribution is 5.91. The number of nitrogens with one attached hydrogen (secondary N) is 1. The molecular formula is C23H22FN3O3. The van der Waals surface area contributed by atoms with E-state index < -0.39 is 5.82 Å². The van der Waals surface area contributed by atoms with Crippen LogP contribution in [0.15, 0.2) is 67.1 Å². The molecule has 30 heavy (non-hydrogen) atoms. The fraction of sp³-hybridized carbons (Fsp3) is 0.174. The zero-order chi connectivity index (χ0) is 21.3. The predicted octanol–water partition coefficient (Wildman–Crippen LogP) is 4.52. The molecule has 0 aliphatic rings. The number of amides is 1. The van der Waals surface area contributed by atoms with Crippen LogP contribution in [0.25, 0.3) is 6.08 Å². The smallest absolute Gasteiger partial charge is 0.244 e. The van der Waals surface area contributed by atoms with Crippen LogP contribution in [0.1, 0.15) is 25.0 Å². The summed E-state index contributed by atoms with van der Waals surface area (Å²) in [6, 6.07) is 11.5. The Balaban J connectivity index is 1.58. The lowest BCUT2D eigenvalue weighted by Gasteiger charge is -2.12. The van der Waals surface area contributed by atoms with E-state index in [4.69, 9.17) is 9.47 Å². The number of ether oxygens (including phenoxy) is 2. The van der Waals surface area contributed by atoms with E-state index in [1.165, 1.54) is 30.5 Å². The SMILES string of the molecule is CC(C)Oc1ncccc1CNC(=O)/C=C/c1ccc(Oc2cccnc2)c(F)c1. The highest BCUT2D eigenvalue weighted by atomic mass is 19.1. The third kappa shape index (κ3) is 6.13. The average Bonchev–Trinajstić information content (AvgIpc) is 2.74. The molecule has 2 aromatic heterocycles. The molecule has 154 valence electrons. The third-order valence-electron chi connectivity index (χ3n) is 3.90. The van der Waals surface area contributed by atoms with Gasteiger partial charge >= 0.3 is 0 Å². The van der Waals surface area contributed by atoms with Crippen molar-refractivity contribution >= 4 is 12.0 Å². The number of aromatic nitrogens is 2. The van der Waals surface area contributed by atoms with Crippen molar-refractivity contribution in [1.29, 1.82) is 0 Å². The van der Waals surface area contributed by atoms with Crippen LogP contribution >= 0.6 is 0 Å². The van der Waals surface area contributed by atoms with E-state index in [1.807, 2.05) is 19.9 Å². The summed E-state index contributed by atoms with van der Waals surface area (Å²) in [6.07, 6.45) is 7.59. The number of benzene rings is 1. The van der Waals surface area contributed by atoms with E-state index in [0.29, 0.717) is 17.2 Å². The molecule has 3 rings (SSSR count). The van der Waals surface area contributed by atoms with E-state index in [2.05, 4.69) is 15.3 Å². The van der Waals surface area contributed by atoms with Gasteiger partial charge in [-0.15, -0.1) is 0 Å². The second-order valence-corrected chi connectivity index (χ2v) is 6.67. The van der Waals surface area contributed by atoms with Gasteiger partial charge in [-0.05, 0) is 55.8 Å². The maximum absolute atomic E-state index is 14.3. The summed E-state index contributed by atoms with van der Waals surface area (Å²) in [6.45, 7) is 4.09. The lowest BCUT2D eigenvalue weighted by molar-refractivity contribution is -0.116. The van der Waals surface area contributed by atoms with E-state index in [9.17, 15) is 9.18 Å². The highest BCUT2D eigenvalue weighted by Crippen LogP contribution is 2.24. The molecule has 0 bridgehead atoms. The van der Waals surface area contributed by atoms with Crippen molar-refractivity contribution in [2.45, 2.75) is 26.5 Å². The maximum Gasteiger partial charge on any atom is 0.244 e. The van der Waals surface area contributed by atoms with Gasteiger partial charge in [0.25, 0.3) is 0 Å². The first-order chi connectivity index (χ1) is 14.5. The Labute approximate surface area is 174 Å². The Morgan fingerprint density at radius 1 is 1.20 bits per heavy atom. The van der Waals surface area contributed by atoms with Crippen LogP contribution in [0, 0.1) is 5.82 Å². The molecule has 7 heteroatoms. The van der Waals surface area contributed by atoms with E-state index in [-0.39, 0.29) is 24.3 Å². The van der Waals surface area contributed by atoms with Gasteiger partial charge in [-0.25, -0.2) is 9.37 Å². The van der Waals surface area contributed by atoms with Crippen molar-refractivity contribution in [2.24, 2.45) is 0 Å². The normalized spacial score (nSPS) is 10.9. The number of halogens is 1. The standard InChI is InChI=1S/C23H22FN3O3/c1-16(2)29-23-18(5-3-12-26-23)14-27-22(28)10-8-17-7-9-21(20(24)13-17)30-19-6-4-11-25-15-19/h3-13,15-16H,14H2,1-2H3,(H,27,28)/b10-8+. The Bertz CT molecular complexity index is 1020. The summed E-state index contributed by atoms with van der Waals surface area (Å²) in [5.41, 5.74) is 1.31. The summed E-state index contributed by atoms with van der Waals surface area (Å²) >= 11 is 0. The van der Waals surface area contributed by atoms with Crippen molar-refractivity contribution in [2.75, 3.05) is 0 Å². The quantitative estimate of drug-likeness (QED) is 0.556. The second kappa shape index (κ2) is 10.2. The number of carbonyl (C=O) groups is 1. The fourth-order valence-electron chi connectivity index (χ4n) is 2.54. The first-order valence-electron chi connectivity index (χ1n) is 9.45. The molecule has 0 spiro atoms. The summed E-state index contributed by atoms with van der Waals surface area (Å²) in [7, 11) is 0. The monoisotopic (exact) mass is 407 g/mol. The van der Waals surface area contributed by atoms with Gasteiger partial charge in [0.1, 0.15) is 5.75 Å². The number of rotatable bonds is 8. The van der Waals surface area contributed by atoms with Gasteiger partial charge in [-0.2, -0.15) is 0 Å². The second-order valence-electron chi connectivity index (χ2n) is 6.67. The minimum absolute atomic E-state index is 0.0192. The van der Waals surface area contributed by atoms with Crippen molar-refractivity contribution < 1.29 is 18.7 Å². The van der Waals surface area contributed by atoms with Crippen LogP contribution in [-0.4, -0.2) is 22.0 Å². The van der Waals surface area contributed by atoms with Crippen LogP contribution < -0.4 is 14.8 Å². The largest absolute Gasteiger partial charge is 0.475 e. The summed E-state index contributed by atoms with van der Waals surface area (Å²) in [5, 5.41) is 2.77. The molecule has 0 unspecified atom stereocenters. The van der Waals surface area contributed by atoms with Gasteiger partial charge in [-0.1, -0.05) is 12.1 Å². The van der Waals surface area contributed by atoms with Crippen molar-refractivity contribution in [1.82, 2.24) is 15.3 Å². The number of carbonyl (C=O) groups excluding carboxylic acids is 1. The van der Waals surface area contributed by atoms with Gasteiger partial charge in [0.2, 0.25) is 11.8 Å². The molecule has 3 aromatic rings. The molecule has 0 fully saturated rings. The first kappa shape index (κ1) is 21.0. The molecule has 0 radical (unpaired) electrons. The molecule has 0 aliphatic heterocycles. The zero-order valence-electron chi connectivity index (χ0n) is 16.7. The minimum atomic E-state index is -0.535. The molecule has 0 atom stereocenters. The molecule has 1 amide bonds. The van der Waals surface area contributed by atoms with Gasteiger partial charge < -0.3 is 14.8 Å². The Morgan fingerprint density at radius 3 is 2.77 bits per heavy atom. The number of hydrogen-bond acceptors (Lipinski definition) is 5. The van der Waals surface area contributed by atoms with E-state index in [0.717, 1.165) is 5.56 Å².